The lowest BCUT2D eigenvalue weighted by Gasteiger charge is -2.25. The third kappa shape index (κ3) is 1.66. The standard InChI is InChI=1S/C7H14O2/c8-5-6-3-1-2-4-7(6)9/h6-9H,1-5H2. The second kappa shape index (κ2) is 3.18. The Balaban J connectivity index is 2.30. The minimum absolute atomic E-state index is 0.154. The maximum Gasteiger partial charge on any atom is 0.0590 e. The van der Waals surface area contributed by atoms with Gasteiger partial charge in [0, 0.05) is 12.5 Å². The van der Waals surface area contributed by atoms with Gasteiger partial charge in [-0.2, -0.15) is 0 Å². The number of hydrogen-bond acceptors (Lipinski definition) is 2. The minimum atomic E-state index is -0.233. The molecule has 0 aromatic heterocycles. The summed E-state index contributed by atoms with van der Waals surface area (Å²) in [6.07, 6.45) is 3.94. The van der Waals surface area contributed by atoms with Gasteiger partial charge in [-0.05, 0) is 12.8 Å². The highest BCUT2D eigenvalue weighted by Crippen LogP contribution is 2.23. The molecule has 1 aliphatic rings. The SMILES string of the molecule is OCC1CCCCC1O. The van der Waals surface area contributed by atoms with Crippen LogP contribution >= 0.6 is 0 Å². The van der Waals surface area contributed by atoms with Gasteiger partial charge in [0.05, 0.1) is 6.10 Å². The maximum absolute atomic E-state index is 9.21. The van der Waals surface area contributed by atoms with Crippen LogP contribution in [-0.4, -0.2) is 22.9 Å². The monoisotopic (exact) mass is 130 g/mol. The molecule has 0 heterocycles. The molecule has 1 fully saturated rings. The van der Waals surface area contributed by atoms with E-state index in [2.05, 4.69) is 0 Å². The van der Waals surface area contributed by atoms with Crippen molar-refractivity contribution >= 4 is 0 Å². The van der Waals surface area contributed by atoms with Crippen molar-refractivity contribution < 1.29 is 10.2 Å². The lowest BCUT2D eigenvalue weighted by molar-refractivity contribution is 0.0359. The highest BCUT2D eigenvalue weighted by molar-refractivity contribution is 4.72. The second-order valence-corrected chi connectivity index (χ2v) is 2.79. The van der Waals surface area contributed by atoms with E-state index in [1.54, 1.807) is 0 Å². The van der Waals surface area contributed by atoms with Crippen molar-refractivity contribution in [3.63, 3.8) is 0 Å². The molecule has 2 unspecified atom stereocenters. The van der Waals surface area contributed by atoms with E-state index in [1.165, 1.54) is 6.42 Å². The van der Waals surface area contributed by atoms with Crippen LogP contribution in [-0.2, 0) is 0 Å². The van der Waals surface area contributed by atoms with Gasteiger partial charge in [0.2, 0.25) is 0 Å². The Morgan fingerprint density at radius 1 is 1.22 bits per heavy atom. The molecule has 0 aliphatic heterocycles. The van der Waals surface area contributed by atoms with Gasteiger partial charge < -0.3 is 10.2 Å². The van der Waals surface area contributed by atoms with Gasteiger partial charge in [-0.3, -0.25) is 0 Å². The van der Waals surface area contributed by atoms with Gasteiger partial charge in [0.1, 0.15) is 0 Å². The van der Waals surface area contributed by atoms with Crippen LogP contribution in [0.25, 0.3) is 0 Å². The molecule has 0 amide bonds. The highest BCUT2D eigenvalue weighted by Gasteiger charge is 2.21. The van der Waals surface area contributed by atoms with Crippen molar-refractivity contribution in [2.45, 2.75) is 31.8 Å². The van der Waals surface area contributed by atoms with Gasteiger partial charge in [0.25, 0.3) is 0 Å². The fraction of sp³-hybridized carbons (Fsp3) is 1.00. The Kier molecular flexibility index (Phi) is 2.49. The molecular formula is C7H14O2. The van der Waals surface area contributed by atoms with Gasteiger partial charge >= 0.3 is 0 Å². The molecule has 1 rings (SSSR count). The van der Waals surface area contributed by atoms with Gasteiger partial charge in [-0.15, -0.1) is 0 Å². The Bertz CT molecular complexity index is 83.0. The van der Waals surface area contributed by atoms with E-state index in [-0.39, 0.29) is 18.6 Å². The first-order valence-corrected chi connectivity index (χ1v) is 3.63. The third-order valence-electron chi connectivity index (χ3n) is 2.10. The summed E-state index contributed by atoms with van der Waals surface area (Å²) in [4.78, 5) is 0. The van der Waals surface area contributed by atoms with Crippen LogP contribution in [0.15, 0.2) is 0 Å². The zero-order valence-electron chi connectivity index (χ0n) is 5.58. The summed E-state index contributed by atoms with van der Waals surface area (Å²) in [7, 11) is 0. The van der Waals surface area contributed by atoms with Crippen molar-refractivity contribution in [2.75, 3.05) is 6.61 Å². The van der Waals surface area contributed by atoms with Crippen molar-refractivity contribution in [1.29, 1.82) is 0 Å². The first-order chi connectivity index (χ1) is 4.34. The first kappa shape index (κ1) is 7.03. The normalized spacial score (nSPS) is 36.7. The summed E-state index contributed by atoms with van der Waals surface area (Å²) >= 11 is 0. The van der Waals surface area contributed by atoms with E-state index in [0.29, 0.717) is 0 Å². The van der Waals surface area contributed by atoms with Gasteiger partial charge in [-0.1, -0.05) is 12.8 Å². The Morgan fingerprint density at radius 3 is 2.33 bits per heavy atom. The number of aliphatic hydroxyl groups is 2. The Hall–Kier alpha value is -0.0800. The van der Waals surface area contributed by atoms with Crippen LogP contribution in [0.4, 0.5) is 0 Å². The summed E-state index contributed by atoms with van der Waals surface area (Å²) in [5.74, 6) is 0.166. The molecule has 1 saturated carbocycles. The molecule has 2 nitrogen and oxygen atoms in total. The van der Waals surface area contributed by atoms with E-state index in [4.69, 9.17) is 5.11 Å². The smallest absolute Gasteiger partial charge is 0.0590 e. The maximum atomic E-state index is 9.21. The van der Waals surface area contributed by atoms with Crippen LogP contribution in [0.5, 0.6) is 0 Å². The van der Waals surface area contributed by atoms with Crippen LogP contribution in [0.3, 0.4) is 0 Å². The predicted molar refractivity (Wildman–Crippen MR) is 35.1 cm³/mol. The summed E-state index contributed by atoms with van der Waals surface area (Å²) in [6.45, 7) is 0.154. The summed E-state index contributed by atoms with van der Waals surface area (Å²) in [5.41, 5.74) is 0. The van der Waals surface area contributed by atoms with Crippen molar-refractivity contribution in [2.24, 2.45) is 5.92 Å². The number of hydrogen-bond donors (Lipinski definition) is 2. The van der Waals surface area contributed by atoms with Crippen LogP contribution in [0.2, 0.25) is 0 Å². The molecule has 0 bridgehead atoms. The van der Waals surface area contributed by atoms with Crippen molar-refractivity contribution in [1.82, 2.24) is 0 Å². The average Bonchev–Trinajstić information content (AvgIpc) is 1.89. The van der Waals surface area contributed by atoms with E-state index in [1.807, 2.05) is 0 Å². The van der Waals surface area contributed by atoms with E-state index in [0.717, 1.165) is 19.3 Å². The fourth-order valence-corrected chi connectivity index (χ4v) is 1.40. The zero-order chi connectivity index (χ0) is 6.69. The van der Waals surface area contributed by atoms with Crippen molar-refractivity contribution in [3.05, 3.63) is 0 Å². The molecule has 54 valence electrons. The lowest BCUT2D eigenvalue weighted by Crippen LogP contribution is -2.26. The molecule has 2 atom stereocenters. The van der Waals surface area contributed by atoms with Gasteiger partial charge in [0.15, 0.2) is 0 Å². The summed E-state index contributed by atoms with van der Waals surface area (Å²) in [6, 6.07) is 0. The first-order valence-electron chi connectivity index (χ1n) is 3.63. The summed E-state index contributed by atoms with van der Waals surface area (Å²) < 4.78 is 0. The van der Waals surface area contributed by atoms with Crippen molar-refractivity contribution in [3.8, 4) is 0 Å². The van der Waals surface area contributed by atoms with Crippen LogP contribution < -0.4 is 0 Å². The molecular weight excluding hydrogens is 116 g/mol. The largest absolute Gasteiger partial charge is 0.396 e. The molecule has 0 aromatic rings. The fourth-order valence-electron chi connectivity index (χ4n) is 1.40. The molecule has 0 spiro atoms. The van der Waals surface area contributed by atoms with Crippen LogP contribution in [0, 0.1) is 5.92 Å². The number of aliphatic hydroxyl groups excluding tert-OH is 2. The molecule has 2 N–H and O–H groups in total. The molecule has 0 aromatic carbocycles. The summed E-state index contributed by atoms with van der Waals surface area (Å²) in [5, 5.41) is 17.9. The number of rotatable bonds is 1. The Labute approximate surface area is 55.5 Å². The second-order valence-electron chi connectivity index (χ2n) is 2.79. The molecule has 9 heavy (non-hydrogen) atoms. The predicted octanol–water partition coefficient (Wildman–Crippen LogP) is 0.530. The van der Waals surface area contributed by atoms with Crippen LogP contribution in [0.1, 0.15) is 25.7 Å². The third-order valence-corrected chi connectivity index (χ3v) is 2.10. The average molecular weight is 130 g/mol. The Morgan fingerprint density at radius 2 is 1.89 bits per heavy atom. The van der Waals surface area contributed by atoms with E-state index >= 15 is 0 Å². The topological polar surface area (TPSA) is 40.5 Å². The quantitative estimate of drug-likeness (QED) is 0.543. The highest BCUT2D eigenvalue weighted by atomic mass is 16.3. The lowest BCUT2D eigenvalue weighted by atomic mass is 9.87. The zero-order valence-corrected chi connectivity index (χ0v) is 5.58. The molecule has 0 saturated heterocycles. The van der Waals surface area contributed by atoms with Gasteiger partial charge in [-0.25, -0.2) is 0 Å². The molecule has 0 radical (unpaired) electrons. The minimum Gasteiger partial charge on any atom is -0.396 e. The van der Waals surface area contributed by atoms with E-state index < -0.39 is 0 Å². The molecule has 2 heteroatoms. The molecule has 1 aliphatic carbocycles. The van der Waals surface area contributed by atoms with E-state index in [9.17, 15) is 5.11 Å².